The SMILES string of the molecule is NC(=O)C1([C]2CC2)CC1. The predicted octanol–water partition coefficient (Wildman–Crippen LogP) is 0.620. The van der Waals surface area contributed by atoms with Gasteiger partial charge in [-0.15, -0.1) is 0 Å². The summed E-state index contributed by atoms with van der Waals surface area (Å²) in [6.45, 7) is 0. The minimum Gasteiger partial charge on any atom is -0.369 e. The molecule has 0 aromatic carbocycles. The maximum Gasteiger partial charge on any atom is 0.224 e. The van der Waals surface area contributed by atoms with Gasteiger partial charge in [0.15, 0.2) is 0 Å². The first-order valence-electron chi connectivity index (χ1n) is 3.41. The van der Waals surface area contributed by atoms with E-state index in [1.54, 1.807) is 0 Å². The number of nitrogens with two attached hydrogens (primary N) is 1. The quantitative estimate of drug-likeness (QED) is 0.576. The minimum absolute atomic E-state index is 0.0833. The summed E-state index contributed by atoms with van der Waals surface area (Å²) in [5, 5.41) is 0. The van der Waals surface area contributed by atoms with E-state index in [4.69, 9.17) is 5.73 Å². The van der Waals surface area contributed by atoms with Crippen LogP contribution in [0.3, 0.4) is 0 Å². The lowest BCUT2D eigenvalue weighted by Crippen LogP contribution is -2.25. The summed E-state index contributed by atoms with van der Waals surface area (Å²) in [5.41, 5.74) is 5.13. The number of amides is 1. The van der Waals surface area contributed by atoms with Gasteiger partial charge in [0.25, 0.3) is 0 Å². The zero-order valence-corrected chi connectivity index (χ0v) is 5.31. The summed E-state index contributed by atoms with van der Waals surface area (Å²) in [5.74, 6) is 1.32. The molecule has 2 rings (SSSR count). The molecular weight excluding hydrogens is 114 g/mol. The lowest BCUT2D eigenvalue weighted by Gasteiger charge is -2.05. The molecule has 0 spiro atoms. The van der Waals surface area contributed by atoms with Crippen LogP contribution in [-0.4, -0.2) is 5.91 Å². The number of rotatable bonds is 2. The van der Waals surface area contributed by atoms with E-state index < -0.39 is 0 Å². The van der Waals surface area contributed by atoms with Gasteiger partial charge in [0.1, 0.15) is 0 Å². The minimum atomic E-state index is -0.0880. The van der Waals surface area contributed by atoms with Crippen molar-refractivity contribution in [3.8, 4) is 0 Å². The molecule has 0 unspecified atom stereocenters. The molecule has 0 aromatic heterocycles. The molecule has 9 heavy (non-hydrogen) atoms. The van der Waals surface area contributed by atoms with E-state index in [0.717, 1.165) is 25.7 Å². The van der Waals surface area contributed by atoms with Crippen LogP contribution in [0.5, 0.6) is 0 Å². The molecule has 0 saturated heterocycles. The Bertz CT molecular complexity index is 156. The van der Waals surface area contributed by atoms with Crippen molar-refractivity contribution in [3.63, 3.8) is 0 Å². The fourth-order valence-electron chi connectivity index (χ4n) is 1.44. The van der Waals surface area contributed by atoms with E-state index in [2.05, 4.69) is 0 Å². The van der Waals surface area contributed by atoms with Gasteiger partial charge in [-0.05, 0) is 31.6 Å². The Morgan fingerprint density at radius 2 is 2.00 bits per heavy atom. The van der Waals surface area contributed by atoms with Crippen molar-refractivity contribution in [1.29, 1.82) is 0 Å². The monoisotopic (exact) mass is 124 g/mol. The van der Waals surface area contributed by atoms with E-state index in [1.807, 2.05) is 0 Å². The number of carbonyl (C=O) groups excluding carboxylic acids is 1. The van der Waals surface area contributed by atoms with Crippen LogP contribution < -0.4 is 5.73 Å². The number of carbonyl (C=O) groups is 1. The van der Waals surface area contributed by atoms with Crippen LogP contribution in [0.15, 0.2) is 0 Å². The van der Waals surface area contributed by atoms with Crippen LogP contribution in [0.4, 0.5) is 0 Å². The molecule has 2 aliphatic carbocycles. The second-order valence-electron chi connectivity index (χ2n) is 3.05. The first-order valence-corrected chi connectivity index (χ1v) is 3.41. The molecule has 0 heterocycles. The first-order chi connectivity index (χ1) is 4.26. The van der Waals surface area contributed by atoms with Crippen LogP contribution in [0.1, 0.15) is 25.7 Å². The van der Waals surface area contributed by atoms with E-state index >= 15 is 0 Å². The summed E-state index contributed by atoms with van der Waals surface area (Å²) < 4.78 is 0. The molecule has 0 aromatic rings. The van der Waals surface area contributed by atoms with Crippen molar-refractivity contribution >= 4 is 5.91 Å². The average Bonchev–Trinajstić information content (AvgIpc) is 2.61. The summed E-state index contributed by atoms with van der Waals surface area (Å²) in [7, 11) is 0. The van der Waals surface area contributed by atoms with Crippen LogP contribution in [0.25, 0.3) is 0 Å². The molecule has 2 aliphatic rings. The first kappa shape index (κ1) is 5.27. The third-order valence-corrected chi connectivity index (χ3v) is 2.40. The van der Waals surface area contributed by atoms with E-state index in [0.29, 0.717) is 0 Å². The summed E-state index contributed by atoms with van der Waals surface area (Å²) >= 11 is 0. The topological polar surface area (TPSA) is 43.1 Å². The highest BCUT2D eigenvalue weighted by molar-refractivity contribution is 5.87. The highest BCUT2D eigenvalue weighted by Crippen LogP contribution is 2.62. The lowest BCUT2D eigenvalue weighted by molar-refractivity contribution is -0.122. The zero-order valence-electron chi connectivity index (χ0n) is 5.31. The molecule has 1 radical (unpaired) electrons. The Morgan fingerprint density at radius 3 is 2.11 bits per heavy atom. The molecule has 2 heteroatoms. The predicted molar refractivity (Wildman–Crippen MR) is 33.3 cm³/mol. The lowest BCUT2D eigenvalue weighted by atomic mass is 10.0. The van der Waals surface area contributed by atoms with Gasteiger partial charge < -0.3 is 5.73 Å². The molecule has 0 atom stereocenters. The van der Waals surface area contributed by atoms with Crippen molar-refractivity contribution in [2.45, 2.75) is 25.7 Å². The highest BCUT2D eigenvalue weighted by Gasteiger charge is 2.58. The standard InChI is InChI=1S/C7H10NO/c8-6(9)7(3-4-7)5-1-2-5/h1-4H2,(H2,8,9). The largest absolute Gasteiger partial charge is 0.369 e. The van der Waals surface area contributed by atoms with Crippen molar-refractivity contribution in [1.82, 2.24) is 0 Å². The zero-order chi connectivity index (χ0) is 6.48. The fourth-order valence-corrected chi connectivity index (χ4v) is 1.44. The molecule has 2 fully saturated rings. The smallest absolute Gasteiger partial charge is 0.224 e. The van der Waals surface area contributed by atoms with Crippen molar-refractivity contribution in [3.05, 3.63) is 5.92 Å². The Kier molecular flexibility index (Phi) is 0.765. The molecule has 0 aliphatic heterocycles. The number of hydrogen-bond acceptors (Lipinski definition) is 1. The Balaban J connectivity index is 2.12. The molecule has 49 valence electrons. The normalized spacial score (nSPS) is 29.8. The summed E-state index contributed by atoms with van der Waals surface area (Å²) in [4.78, 5) is 10.8. The maximum atomic E-state index is 10.8. The molecule has 0 bridgehead atoms. The Labute approximate surface area is 54.4 Å². The van der Waals surface area contributed by atoms with Crippen molar-refractivity contribution in [2.24, 2.45) is 11.1 Å². The van der Waals surface area contributed by atoms with Gasteiger partial charge in [-0.2, -0.15) is 0 Å². The van der Waals surface area contributed by atoms with Crippen molar-refractivity contribution in [2.75, 3.05) is 0 Å². The van der Waals surface area contributed by atoms with Crippen LogP contribution in [-0.2, 0) is 4.79 Å². The Hall–Kier alpha value is -0.530. The van der Waals surface area contributed by atoms with E-state index in [1.165, 1.54) is 5.92 Å². The fraction of sp³-hybridized carbons (Fsp3) is 0.714. The highest BCUT2D eigenvalue weighted by atomic mass is 16.1. The molecule has 2 N–H and O–H groups in total. The second-order valence-corrected chi connectivity index (χ2v) is 3.05. The maximum absolute atomic E-state index is 10.8. The second kappa shape index (κ2) is 1.31. The van der Waals surface area contributed by atoms with Gasteiger partial charge in [0, 0.05) is 0 Å². The molecule has 2 saturated carbocycles. The van der Waals surface area contributed by atoms with Crippen LogP contribution in [0, 0.1) is 11.3 Å². The summed E-state index contributed by atoms with van der Waals surface area (Å²) in [6.07, 6.45) is 4.36. The van der Waals surface area contributed by atoms with Gasteiger partial charge in [-0.25, -0.2) is 0 Å². The van der Waals surface area contributed by atoms with Gasteiger partial charge in [0.05, 0.1) is 5.41 Å². The number of primary amides is 1. The molecule has 2 nitrogen and oxygen atoms in total. The third-order valence-electron chi connectivity index (χ3n) is 2.40. The third kappa shape index (κ3) is 0.590. The van der Waals surface area contributed by atoms with Crippen LogP contribution >= 0.6 is 0 Å². The van der Waals surface area contributed by atoms with Gasteiger partial charge >= 0.3 is 0 Å². The average molecular weight is 124 g/mol. The Morgan fingerprint density at radius 1 is 1.44 bits per heavy atom. The van der Waals surface area contributed by atoms with Gasteiger partial charge in [-0.1, -0.05) is 0 Å². The van der Waals surface area contributed by atoms with Gasteiger partial charge in [0.2, 0.25) is 5.91 Å². The van der Waals surface area contributed by atoms with E-state index in [9.17, 15) is 4.79 Å². The van der Waals surface area contributed by atoms with Crippen LogP contribution in [0.2, 0.25) is 0 Å². The van der Waals surface area contributed by atoms with Crippen molar-refractivity contribution < 1.29 is 4.79 Å². The van der Waals surface area contributed by atoms with E-state index in [-0.39, 0.29) is 11.3 Å². The molecular formula is C7H10NO. The van der Waals surface area contributed by atoms with Gasteiger partial charge in [-0.3, -0.25) is 4.79 Å². The number of hydrogen-bond donors (Lipinski definition) is 1. The molecule has 1 amide bonds. The summed E-state index contributed by atoms with van der Waals surface area (Å²) in [6, 6.07) is 0.